The molecule has 1 aromatic heterocycles. The molecular weight excluding hydrogens is 410 g/mol. The lowest BCUT2D eigenvalue weighted by molar-refractivity contribution is -0.144. The zero-order valence-electron chi connectivity index (χ0n) is 18.7. The number of benzene rings is 1. The Morgan fingerprint density at radius 1 is 1.16 bits per heavy atom. The first-order chi connectivity index (χ1) is 15.5. The standard InChI is InChI=1S/C25H31NO6/c1-16-21(7-6-19-18-4-2-3-5-20(18)24(28)32-23(16)19)30-15-22(27)26-17-8-11-31-25(14-17)9-12-29-13-10-25/h6-7,17H,2-5,8-15H2,1H3,(H,26,27). The van der Waals surface area contributed by atoms with Crippen LogP contribution in [0.15, 0.2) is 21.3 Å². The van der Waals surface area contributed by atoms with Crippen molar-refractivity contribution in [1.29, 1.82) is 0 Å². The van der Waals surface area contributed by atoms with Crippen LogP contribution in [-0.4, -0.2) is 44.0 Å². The first kappa shape index (κ1) is 21.5. The van der Waals surface area contributed by atoms with Crippen LogP contribution >= 0.6 is 0 Å². The first-order valence-electron chi connectivity index (χ1n) is 11.8. The number of hydrogen-bond acceptors (Lipinski definition) is 6. The monoisotopic (exact) mass is 441 g/mol. The molecule has 7 heteroatoms. The molecule has 0 saturated carbocycles. The summed E-state index contributed by atoms with van der Waals surface area (Å²) in [7, 11) is 0. The minimum Gasteiger partial charge on any atom is -0.483 e. The van der Waals surface area contributed by atoms with Crippen molar-refractivity contribution in [3.8, 4) is 5.75 Å². The Balaban J connectivity index is 1.25. The highest BCUT2D eigenvalue weighted by Gasteiger charge is 2.39. The second kappa shape index (κ2) is 8.87. The van der Waals surface area contributed by atoms with Gasteiger partial charge in [-0.05, 0) is 76.0 Å². The highest BCUT2D eigenvalue weighted by molar-refractivity contribution is 5.86. The van der Waals surface area contributed by atoms with Gasteiger partial charge >= 0.3 is 5.63 Å². The molecule has 7 nitrogen and oxygen atoms in total. The molecule has 172 valence electrons. The second-order valence-corrected chi connectivity index (χ2v) is 9.31. The van der Waals surface area contributed by atoms with Crippen molar-refractivity contribution in [2.75, 3.05) is 26.4 Å². The Bertz CT molecular complexity index is 1060. The van der Waals surface area contributed by atoms with Crippen molar-refractivity contribution >= 4 is 16.9 Å². The molecule has 2 fully saturated rings. The van der Waals surface area contributed by atoms with Gasteiger partial charge in [-0.15, -0.1) is 0 Å². The van der Waals surface area contributed by atoms with Gasteiger partial charge in [0.2, 0.25) is 0 Å². The van der Waals surface area contributed by atoms with Gasteiger partial charge in [0.1, 0.15) is 11.3 Å². The molecule has 3 aliphatic rings. The number of fused-ring (bicyclic) bond motifs is 3. The van der Waals surface area contributed by atoms with Crippen LogP contribution in [0.5, 0.6) is 5.75 Å². The fourth-order valence-corrected chi connectivity index (χ4v) is 5.44. The normalized spacial score (nSPS) is 22.5. The number of ether oxygens (including phenoxy) is 3. The van der Waals surface area contributed by atoms with E-state index in [-0.39, 0.29) is 29.8 Å². The third-order valence-corrected chi connectivity index (χ3v) is 7.21. The van der Waals surface area contributed by atoms with Crippen LogP contribution < -0.4 is 15.7 Å². The van der Waals surface area contributed by atoms with Crippen LogP contribution in [0.2, 0.25) is 0 Å². The zero-order valence-corrected chi connectivity index (χ0v) is 18.7. The molecule has 0 bridgehead atoms. The summed E-state index contributed by atoms with van der Waals surface area (Å²) >= 11 is 0. The van der Waals surface area contributed by atoms with E-state index in [1.54, 1.807) is 0 Å². The lowest BCUT2D eigenvalue weighted by Gasteiger charge is -2.43. The summed E-state index contributed by atoms with van der Waals surface area (Å²) in [6.07, 6.45) is 7.17. The molecule has 5 rings (SSSR count). The average molecular weight is 442 g/mol. The van der Waals surface area contributed by atoms with Crippen molar-refractivity contribution in [1.82, 2.24) is 5.32 Å². The maximum absolute atomic E-state index is 12.6. The lowest BCUT2D eigenvalue weighted by atomic mass is 9.84. The molecule has 32 heavy (non-hydrogen) atoms. The SMILES string of the molecule is Cc1c(OCC(=O)NC2CCOC3(CCOCC3)C2)ccc2c3c(c(=O)oc12)CCCC3. The highest BCUT2D eigenvalue weighted by atomic mass is 16.5. The molecule has 1 amide bonds. The topological polar surface area (TPSA) is 87.0 Å². The van der Waals surface area contributed by atoms with Crippen LogP contribution in [0.1, 0.15) is 55.2 Å². The van der Waals surface area contributed by atoms with E-state index in [2.05, 4.69) is 5.32 Å². The third kappa shape index (κ3) is 4.16. The molecule has 1 aromatic carbocycles. The Morgan fingerprint density at radius 2 is 1.94 bits per heavy atom. The van der Waals surface area contributed by atoms with Crippen molar-refractivity contribution in [3.63, 3.8) is 0 Å². The largest absolute Gasteiger partial charge is 0.483 e. The van der Waals surface area contributed by atoms with Crippen LogP contribution in [0, 0.1) is 6.92 Å². The Labute approximate surface area is 187 Å². The van der Waals surface area contributed by atoms with Crippen molar-refractivity contribution < 1.29 is 23.4 Å². The van der Waals surface area contributed by atoms with Gasteiger partial charge in [0, 0.05) is 42.4 Å². The molecule has 1 spiro atoms. The summed E-state index contributed by atoms with van der Waals surface area (Å²) in [5.74, 6) is 0.421. The van der Waals surface area contributed by atoms with Crippen LogP contribution in [0.25, 0.3) is 11.0 Å². The lowest BCUT2D eigenvalue weighted by Crippen LogP contribution is -2.51. The van der Waals surface area contributed by atoms with Gasteiger partial charge in [0.25, 0.3) is 5.91 Å². The van der Waals surface area contributed by atoms with Crippen molar-refractivity contribution in [2.24, 2.45) is 0 Å². The van der Waals surface area contributed by atoms with Gasteiger partial charge < -0.3 is 23.9 Å². The van der Waals surface area contributed by atoms with Gasteiger partial charge in [0.05, 0.1) is 5.60 Å². The Morgan fingerprint density at radius 3 is 2.75 bits per heavy atom. The van der Waals surface area contributed by atoms with E-state index < -0.39 is 0 Å². The summed E-state index contributed by atoms with van der Waals surface area (Å²) < 4.78 is 23.0. The zero-order chi connectivity index (χ0) is 22.1. The van der Waals surface area contributed by atoms with E-state index >= 15 is 0 Å². The Hall–Kier alpha value is -2.38. The summed E-state index contributed by atoms with van der Waals surface area (Å²) in [6.45, 7) is 3.88. The number of nitrogens with one attached hydrogen (secondary N) is 1. The minimum atomic E-state index is -0.244. The van der Waals surface area contributed by atoms with Gasteiger partial charge in [-0.2, -0.15) is 0 Å². The predicted octanol–water partition coefficient (Wildman–Crippen LogP) is 3.20. The smallest absolute Gasteiger partial charge is 0.339 e. The van der Waals surface area contributed by atoms with Gasteiger partial charge in [-0.1, -0.05) is 0 Å². The van der Waals surface area contributed by atoms with Crippen LogP contribution in [0.4, 0.5) is 0 Å². The minimum absolute atomic E-state index is 0.0744. The molecule has 0 radical (unpaired) electrons. The fraction of sp³-hybridized carbons (Fsp3) is 0.600. The average Bonchev–Trinajstić information content (AvgIpc) is 2.80. The number of carbonyl (C=O) groups excluding carboxylic acids is 1. The maximum Gasteiger partial charge on any atom is 0.339 e. The van der Waals surface area contributed by atoms with E-state index in [4.69, 9.17) is 18.6 Å². The molecule has 1 unspecified atom stereocenters. The third-order valence-electron chi connectivity index (χ3n) is 7.21. The molecule has 2 saturated heterocycles. The van der Waals surface area contributed by atoms with E-state index in [0.29, 0.717) is 31.2 Å². The van der Waals surface area contributed by atoms with Crippen molar-refractivity contribution in [3.05, 3.63) is 39.2 Å². The summed E-state index contributed by atoms with van der Waals surface area (Å²) in [5, 5.41) is 4.09. The summed E-state index contributed by atoms with van der Waals surface area (Å²) in [6, 6.07) is 3.92. The van der Waals surface area contributed by atoms with Crippen LogP contribution in [-0.2, 0) is 27.1 Å². The van der Waals surface area contributed by atoms with Gasteiger partial charge in [-0.3, -0.25) is 4.79 Å². The first-order valence-corrected chi connectivity index (χ1v) is 11.8. The maximum atomic E-state index is 12.6. The molecular formula is C25H31NO6. The molecule has 1 atom stereocenters. The van der Waals surface area contributed by atoms with Crippen molar-refractivity contribution in [2.45, 2.75) is 69.9 Å². The van der Waals surface area contributed by atoms with Gasteiger partial charge in [0.15, 0.2) is 6.61 Å². The van der Waals surface area contributed by atoms with E-state index in [1.165, 1.54) is 0 Å². The number of amides is 1. The number of aryl methyl sites for hydroxylation is 2. The molecule has 2 aromatic rings. The molecule has 3 heterocycles. The number of hydrogen-bond donors (Lipinski definition) is 1. The fourth-order valence-electron chi connectivity index (χ4n) is 5.44. The number of rotatable bonds is 4. The molecule has 1 N–H and O–H groups in total. The number of carbonyl (C=O) groups is 1. The van der Waals surface area contributed by atoms with E-state index in [1.807, 2.05) is 19.1 Å². The van der Waals surface area contributed by atoms with E-state index in [0.717, 1.165) is 73.4 Å². The second-order valence-electron chi connectivity index (χ2n) is 9.31. The summed E-state index contributed by atoms with van der Waals surface area (Å²) in [5.41, 5.74) is 2.84. The molecule has 1 aliphatic carbocycles. The quantitative estimate of drug-likeness (QED) is 0.734. The highest BCUT2D eigenvalue weighted by Crippen LogP contribution is 2.35. The van der Waals surface area contributed by atoms with E-state index in [9.17, 15) is 9.59 Å². The Kier molecular flexibility index (Phi) is 5.95. The van der Waals surface area contributed by atoms with Gasteiger partial charge in [-0.25, -0.2) is 4.79 Å². The van der Waals surface area contributed by atoms with Crippen LogP contribution in [0.3, 0.4) is 0 Å². The predicted molar refractivity (Wildman–Crippen MR) is 119 cm³/mol. The summed E-state index contributed by atoms with van der Waals surface area (Å²) in [4.78, 5) is 25.1. The molecule has 2 aliphatic heterocycles.